The van der Waals surface area contributed by atoms with E-state index < -0.39 is 5.54 Å². The zero-order valence-electron chi connectivity index (χ0n) is 11.4. The van der Waals surface area contributed by atoms with Crippen LogP contribution >= 0.6 is 0 Å². The summed E-state index contributed by atoms with van der Waals surface area (Å²) in [5, 5.41) is 21.1. The van der Waals surface area contributed by atoms with Crippen LogP contribution in [0.3, 0.4) is 0 Å². The van der Waals surface area contributed by atoms with Crippen LogP contribution in [0, 0.1) is 22.7 Å². The summed E-state index contributed by atoms with van der Waals surface area (Å²) in [7, 11) is 2.00. The zero-order valence-corrected chi connectivity index (χ0v) is 11.4. The maximum absolute atomic E-state index is 12.2. The van der Waals surface area contributed by atoms with Crippen molar-refractivity contribution in [1.29, 1.82) is 10.5 Å². The van der Waals surface area contributed by atoms with Crippen LogP contribution in [0.1, 0.15) is 28.8 Å². The van der Waals surface area contributed by atoms with Gasteiger partial charge in [0.1, 0.15) is 5.54 Å². The molecule has 1 N–H and O–H groups in total. The topological polar surface area (TPSA) is 79.9 Å². The maximum Gasteiger partial charge on any atom is 0.252 e. The van der Waals surface area contributed by atoms with Crippen molar-refractivity contribution in [1.82, 2.24) is 10.2 Å². The molecule has 1 heterocycles. The Morgan fingerprint density at radius 2 is 2.05 bits per heavy atom. The van der Waals surface area contributed by atoms with E-state index in [2.05, 4.69) is 16.3 Å². The highest BCUT2D eigenvalue weighted by molar-refractivity contribution is 5.95. The predicted molar refractivity (Wildman–Crippen MR) is 73.7 cm³/mol. The Kier molecular flexibility index (Phi) is 4.02. The molecule has 1 saturated heterocycles. The highest BCUT2D eigenvalue weighted by Crippen LogP contribution is 2.21. The number of hydrogen-bond acceptors (Lipinski definition) is 4. The molecule has 0 atom stereocenters. The highest BCUT2D eigenvalue weighted by atomic mass is 16.1. The summed E-state index contributed by atoms with van der Waals surface area (Å²) < 4.78 is 0. The number of carbonyl (C=O) groups excluding carboxylic acids is 1. The molecule has 1 fully saturated rings. The van der Waals surface area contributed by atoms with Gasteiger partial charge in [-0.2, -0.15) is 10.5 Å². The fraction of sp³-hybridized carbons (Fsp3) is 0.400. The lowest BCUT2D eigenvalue weighted by Gasteiger charge is -2.36. The number of rotatable bonds is 2. The molecule has 0 aromatic heterocycles. The largest absolute Gasteiger partial charge is 0.334 e. The second kappa shape index (κ2) is 5.73. The minimum absolute atomic E-state index is 0.298. The van der Waals surface area contributed by atoms with E-state index in [0.29, 0.717) is 24.0 Å². The fourth-order valence-electron chi connectivity index (χ4n) is 2.28. The molecule has 0 aliphatic carbocycles. The Morgan fingerprint density at radius 3 is 2.65 bits per heavy atom. The molecule has 20 heavy (non-hydrogen) atoms. The van der Waals surface area contributed by atoms with Crippen molar-refractivity contribution in [2.75, 3.05) is 20.1 Å². The molecule has 5 heteroatoms. The molecule has 1 aromatic carbocycles. The van der Waals surface area contributed by atoms with Gasteiger partial charge in [0.05, 0.1) is 17.7 Å². The molecule has 0 bridgehead atoms. The maximum atomic E-state index is 12.2. The number of likely N-dealkylation sites (tertiary alicyclic amines) is 1. The van der Waals surface area contributed by atoms with E-state index in [1.807, 2.05) is 13.1 Å². The number of hydrogen-bond donors (Lipinski definition) is 1. The van der Waals surface area contributed by atoms with Crippen LogP contribution < -0.4 is 5.32 Å². The number of benzene rings is 1. The molecule has 2 rings (SSSR count). The van der Waals surface area contributed by atoms with E-state index in [1.54, 1.807) is 18.2 Å². The van der Waals surface area contributed by atoms with Gasteiger partial charge in [-0.25, -0.2) is 0 Å². The van der Waals surface area contributed by atoms with Gasteiger partial charge in [-0.3, -0.25) is 4.79 Å². The quantitative estimate of drug-likeness (QED) is 0.876. The first-order chi connectivity index (χ1) is 9.58. The number of carbonyl (C=O) groups is 1. The Bertz CT molecular complexity index is 589. The third-order valence-corrected chi connectivity index (χ3v) is 3.66. The zero-order chi connectivity index (χ0) is 14.6. The number of piperidine rings is 1. The Hall–Kier alpha value is -2.37. The summed E-state index contributed by atoms with van der Waals surface area (Å²) in [6, 6.07) is 10.7. The van der Waals surface area contributed by atoms with Crippen molar-refractivity contribution in [2.45, 2.75) is 18.4 Å². The summed E-state index contributed by atoms with van der Waals surface area (Å²) in [5.41, 5.74) is 0.0522. The monoisotopic (exact) mass is 268 g/mol. The lowest BCUT2D eigenvalue weighted by molar-refractivity contribution is 0.0882. The van der Waals surface area contributed by atoms with E-state index >= 15 is 0 Å². The summed E-state index contributed by atoms with van der Waals surface area (Å²) >= 11 is 0. The SMILES string of the molecule is CN1CCC(C#N)(NC(=O)c2cccc(C#N)c2)CC1. The first-order valence-corrected chi connectivity index (χ1v) is 6.51. The molecule has 1 aromatic rings. The van der Waals surface area contributed by atoms with Crippen LogP contribution in [0.25, 0.3) is 0 Å². The smallest absolute Gasteiger partial charge is 0.252 e. The molecule has 102 valence electrons. The number of amides is 1. The number of nitrogens with zero attached hydrogens (tertiary/aromatic N) is 3. The van der Waals surface area contributed by atoms with Crippen molar-refractivity contribution < 1.29 is 4.79 Å². The lowest BCUT2D eigenvalue weighted by Crippen LogP contribution is -2.53. The van der Waals surface area contributed by atoms with Gasteiger partial charge in [-0.05, 0) is 38.1 Å². The van der Waals surface area contributed by atoms with E-state index in [0.717, 1.165) is 13.1 Å². The molecular weight excluding hydrogens is 252 g/mol. The molecule has 1 aliphatic rings. The fourth-order valence-corrected chi connectivity index (χ4v) is 2.28. The first-order valence-electron chi connectivity index (χ1n) is 6.51. The van der Waals surface area contributed by atoms with Crippen LogP contribution in [-0.4, -0.2) is 36.5 Å². The summed E-state index contributed by atoms with van der Waals surface area (Å²) in [5.74, 6) is -0.298. The van der Waals surface area contributed by atoms with Gasteiger partial charge >= 0.3 is 0 Å². The average molecular weight is 268 g/mol. The van der Waals surface area contributed by atoms with E-state index in [9.17, 15) is 10.1 Å². The predicted octanol–water partition coefficient (Wildman–Crippen LogP) is 1.28. The van der Waals surface area contributed by atoms with Gasteiger partial charge < -0.3 is 10.2 Å². The second-order valence-electron chi connectivity index (χ2n) is 5.14. The molecular formula is C15H16N4O. The van der Waals surface area contributed by atoms with Gasteiger partial charge in [0.25, 0.3) is 5.91 Å². The van der Waals surface area contributed by atoms with Crippen molar-refractivity contribution in [2.24, 2.45) is 0 Å². The number of nitrogens with one attached hydrogen (secondary N) is 1. The average Bonchev–Trinajstić information content (AvgIpc) is 2.50. The highest BCUT2D eigenvalue weighted by Gasteiger charge is 2.35. The summed E-state index contributed by atoms with van der Waals surface area (Å²) in [6.45, 7) is 1.57. The van der Waals surface area contributed by atoms with Crippen LogP contribution in [0.5, 0.6) is 0 Å². The van der Waals surface area contributed by atoms with Gasteiger partial charge in [-0.15, -0.1) is 0 Å². The van der Waals surface area contributed by atoms with Gasteiger partial charge in [0, 0.05) is 18.7 Å². The molecule has 0 unspecified atom stereocenters. The van der Waals surface area contributed by atoms with Gasteiger partial charge in [0.15, 0.2) is 0 Å². The molecule has 0 saturated carbocycles. The van der Waals surface area contributed by atoms with Gasteiger partial charge in [0.2, 0.25) is 0 Å². The minimum Gasteiger partial charge on any atom is -0.334 e. The van der Waals surface area contributed by atoms with Crippen molar-refractivity contribution in [3.05, 3.63) is 35.4 Å². The first kappa shape index (κ1) is 14.0. The summed E-state index contributed by atoms with van der Waals surface area (Å²) in [4.78, 5) is 14.4. The molecule has 0 spiro atoms. The number of nitriles is 2. The van der Waals surface area contributed by atoms with Crippen molar-refractivity contribution in [3.8, 4) is 12.1 Å². The van der Waals surface area contributed by atoms with Crippen LogP contribution in [-0.2, 0) is 0 Å². The lowest BCUT2D eigenvalue weighted by atomic mass is 9.89. The van der Waals surface area contributed by atoms with Crippen LogP contribution in [0.15, 0.2) is 24.3 Å². The third kappa shape index (κ3) is 2.96. The summed E-state index contributed by atoms with van der Waals surface area (Å²) in [6.07, 6.45) is 1.23. The van der Waals surface area contributed by atoms with Crippen molar-refractivity contribution in [3.63, 3.8) is 0 Å². The van der Waals surface area contributed by atoms with Crippen LogP contribution in [0.4, 0.5) is 0 Å². The molecule has 0 radical (unpaired) electrons. The van der Waals surface area contributed by atoms with Crippen molar-refractivity contribution >= 4 is 5.91 Å². The minimum atomic E-state index is -0.799. The second-order valence-corrected chi connectivity index (χ2v) is 5.14. The Balaban J connectivity index is 2.14. The Labute approximate surface area is 118 Å². The molecule has 5 nitrogen and oxygen atoms in total. The molecule has 1 amide bonds. The van der Waals surface area contributed by atoms with Gasteiger partial charge in [-0.1, -0.05) is 6.07 Å². The van der Waals surface area contributed by atoms with E-state index in [4.69, 9.17) is 5.26 Å². The molecule has 1 aliphatic heterocycles. The standard InChI is InChI=1S/C15H16N4O/c1-19-7-5-15(11-17,6-8-19)18-14(20)13-4-2-3-12(9-13)10-16/h2-4,9H,5-8H2,1H3,(H,18,20). The van der Waals surface area contributed by atoms with E-state index in [-0.39, 0.29) is 5.91 Å². The normalized spacial score (nSPS) is 17.8. The van der Waals surface area contributed by atoms with E-state index in [1.165, 1.54) is 6.07 Å². The third-order valence-electron chi connectivity index (χ3n) is 3.66. The van der Waals surface area contributed by atoms with Crippen LogP contribution in [0.2, 0.25) is 0 Å². The Morgan fingerprint density at radius 1 is 1.35 bits per heavy atom.